The molecule has 0 heterocycles. The molecule has 0 bridgehead atoms. The van der Waals surface area contributed by atoms with Crippen LogP contribution in [-0.4, -0.2) is 6.61 Å². The van der Waals surface area contributed by atoms with E-state index in [2.05, 4.69) is 22.0 Å². The molecule has 0 aliphatic rings. The minimum atomic E-state index is -0.465. The zero-order valence-corrected chi connectivity index (χ0v) is 10.8. The molecule has 0 saturated heterocycles. The predicted octanol–water partition coefficient (Wildman–Crippen LogP) is 3.65. The zero-order valence-electron chi connectivity index (χ0n) is 9.17. The van der Waals surface area contributed by atoms with Crippen LogP contribution < -0.4 is 4.74 Å². The van der Waals surface area contributed by atoms with Gasteiger partial charge >= 0.3 is 0 Å². The molecule has 80 valence electrons. The molecule has 0 radical (unpaired) electrons. The highest BCUT2D eigenvalue weighted by Gasteiger charge is 2.20. The molecule has 0 aromatic heterocycles. The maximum absolute atomic E-state index is 9.01. The van der Waals surface area contributed by atoms with Crippen LogP contribution >= 0.6 is 15.9 Å². The number of nitriles is 1. The molecule has 15 heavy (non-hydrogen) atoms. The third kappa shape index (κ3) is 2.73. The van der Waals surface area contributed by atoms with Gasteiger partial charge in [-0.25, -0.2) is 0 Å². The molecule has 0 atom stereocenters. The van der Waals surface area contributed by atoms with Crippen molar-refractivity contribution in [2.45, 2.75) is 26.2 Å². The lowest BCUT2D eigenvalue weighted by molar-refractivity contribution is 0.338. The topological polar surface area (TPSA) is 33.0 Å². The zero-order chi connectivity index (χ0) is 11.5. The van der Waals surface area contributed by atoms with Crippen molar-refractivity contribution in [3.05, 3.63) is 28.2 Å². The van der Waals surface area contributed by atoms with Crippen LogP contribution in [0.5, 0.6) is 5.75 Å². The molecule has 0 aliphatic heterocycles. The Morgan fingerprint density at radius 2 is 2.13 bits per heavy atom. The van der Waals surface area contributed by atoms with Gasteiger partial charge in [-0.3, -0.25) is 0 Å². The van der Waals surface area contributed by atoms with Crippen LogP contribution in [0.25, 0.3) is 0 Å². The molecule has 0 fully saturated rings. The largest absolute Gasteiger partial charge is 0.493 e. The molecular formula is C12H14BrNO. The van der Waals surface area contributed by atoms with Gasteiger partial charge in [0, 0.05) is 0 Å². The average molecular weight is 268 g/mol. The average Bonchev–Trinajstić information content (AvgIpc) is 2.21. The van der Waals surface area contributed by atoms with Crippen LogP contribution in [0.4, 0.5) is 0 Å². The van der Waals surface area contributed by atoms with Gasteiger partial charge in [-0.2, -0.15) is 5.26 Å². The van der Waals surface area contributed by atoms with E-state index in [1.807, 2.05) is 39.0 Å². The summed E-state index contributed by atoms with van der Waals surface area (Å²) in [5.74, 6) is 0.815. The van der Waals surface area contributed by atoms with Crippen LogP contribution in [0.2, 0.25) is 0 Å². The molecule has 0 saturated carbocycles. The van der Waals surface area contributed by atoms with E-state index in [9.17, 15) is 0 Å². The predicted molar refractivity (Wildman–Crippen MR) is 64.0 cm³/mol. The number of hydrogen-bond acceptors (Lipinski definition) is 2. The summed E-state index contributed by atoms with van der Waals surface area (Å²) in [5.41, 5.74) is 0.521. The third-order valence-electron chi connectivity index (χ3n) is 2.23. The fourth-order valence-corrected chi connectivity index (χ4v) is 1.72. The first kappa shape index (κ1) is 12.1. The van der Waals surface area contributed by atoms with Gasteiger partial charge in [-0.05, 0) is 54.4 Å². The van der Waals surface area contributed by atoms with E-state index in [1.54, 1.807) is 0 Å². The first-order valence-electron chi connectivity index (χ1n) is 4.85. The van der Waals surface area contributed by atoms with Crippen molar-refractivity contribution in [2.24, 2.45) is 0 Å². The van der Waals surface area contributed by atoms with E-state index in [1.165, 1.54) is 0 Å². The minimum absolute atomic E-state index is 0.465. The van der Waals surface area contributed by atoms with Gasteiger partial charge in [0.15, 0.2) is 0 Å². The number of ether oxygens (including phenoxy) is 1. The van der Waals surface area contributed by atoms with Crippen molar-refractivity contribution in [3.63, 3.8) is 0 Å². The summed E-state index contributed by atoms with van der Waals surface area (Å²) >= 11 is 3.44. The Labute approximate surface area is 99.0 Å². The maximum atomic E-state index is 9.01. The van der Waals surface area contributed by atoms with Crippen molar-refractivity contribution >= 4 is 15.9 Å². The van der Waals surface area contributed by atoms with Gasteiger partial charge < -0.3 is 4.74 Å². The second-order valence-electron chi connectivity index (χ2n) is 3.82. The standard InChI is InChI=1S/C12H14BrNO/c1-4-15-11-6-5-9(7-10(11)13)12(2,3)8-14/h5-7H,4H2,1-3H3. The number of nitrogens with zero attached hydrogens (tertiary/aromatic N) is 1. The Kier molecular flexibility index (Phi) is 3.76. The van der Waals surface area contributed by atoms with Crippen molar-refractivity contribution in [1.82, 2.24) is 0 Å². The lowest BCUT2D eigenvalue weighted by Crippen LogP contribution is -2.13. The lowest BCUT2D eigenvalue weighted by Gasteiger charge is -2.17. The quantitative estimate of drug-likeness (QED) is 0.838. The van der Waals surface area contributed by atoms with Crippen LogP contribution in [-0.2, 0) is 5.41 Å². The molecular weight excluding hydrogens is 254 g/mol. The highest BCUT2D eigenvalue weighted by Crippen LogP contribution is 2.31. The summed E-state index contributed by atoms with van der Waals surface area (Å²) in [6.45, 7) is 6.38. The third-order valence-corrected chi connectivity index (χ3v) is 2.85. The molecule has 2 nitrogen and oxygen atoms in total. The van der Waals surface area contributed by atoms with Crippen molar-refractivity contribution in [2.75, 3.05) is 6.61 Å². The maximum Gasteiger partial charge on any atom is 0.133 e. The Morgan fingerprint density at radius 1 is 1.47 bits per heavy atom. The van der Waals surface area contributed by atoms with E-state index >= 15 is 0 Å². The van der Waals surface area contributed by atoms with Crippen LogP contribution in [0.3, 0.4) is 0 Å². The van der Waals surface area contributed by atoms with Gasteiger partial charge in [0.1, 0.15) is 5.75 Å². The smallest absolute Gasteiger partial charge is 0.133 e. The van der Waals surface area contributed by atoms with E-state index in [4.69, 9.17) is 10.00 Å². The Bertz CT molecular complexity index is 393. The van der Waals surface area contributed by atoms with E-state index in [-0.39, 0.29) is 0 Å². The summed E-state index contributed by atoms with van der Waals surface area (Å²) in [6.07, 6.45) is 0. The van der Waals surface area contributed by atoms with Gasteiger partial charge in [-0.15, -0.1) is 0 Å². The number of hydrogen-bond donors (Lipinski definition) is 0. The normalized spacial score (nSPS) is 10.9. The van der Waals surface area contributed by atoms with Gasteiger partial charge in [0.25, 0.3) is 0 Å². The van der Waals surface area contributed by atoms with Crippen molar-refractivity contribution in [1.29, 1.82) is 5.26 Å². The second-order valence-corrected chi connectivity index (χ2v) is 4.67. The fraction of sp³-hybridized carbons (Fsp3) is 0.417. The summed E-state index contributed by atoms with van der Waals surface area (Å²) in [4.78, 5) is 0. The number of rotatable bonds is 3. The van der Waals surface area contributed by atoms with E-state index in [0.717, 1.165) is 15.8 Å². The molecule has 1 aromatic rings. The summed E-state index contributed by atoms with van der Waals surface area (Å²) in [5, 5.41) is 9.01. The van der Waals surface area contributed by atoms with Crippen LogP contribution in [0.15, 0.2) is 22.7 Å². The van der Waals surface area contributed by atoms with Gasteiger partial charge in [0.2, 0.25) is 0 Å². The molecule has 0 aliphatic carbocycles. The molecule has 1 rings (SSSR count). The molecule has 0 N–H and O–H groups in total. The Morgan fingerprint density at radius 3 is 2.60 bits per heavy atom. The SMILES string of the molecule is CCOc1ccc(C(C)(C)C#N)cc1Br. The fourth-order valence-electron chi connectivity index (χ4n) is 1.23. The van der Waals surface area contributed by atoms with Crippen molar-refractivity contribution < 1.29 is 4.74 Å². The molecule has 0 unspecified atom stereocenters. The molecule has 3 heteroatoms. The first-order valence-corrected chi connectivity index (χ1v) is 5.64. The number of benzene rings is 1. The van der Waals surface area contributed by atoms with Crippen LogP contribution in [0, 0.1) is 11.3 Å². The first-order chi connectivity index (χ1) is 7.01. The summed E-state index contributed by atoms with van der Waals surface area (Å²) in [6, 6.07) is 8.03. The Hall–Kier alpha value is -1.01. The number of halogens is 1. The lowest BCUT2D eigenvalue weighted by atomic mass is 9.86. The minimum Gasteiger partial charge on any atom is -0.493 e. The molecule has 0 amide bonds. The summed E-state index contributed by atoms with van der Waals surface area (Å²) in [7, 11) is 0. The highest BCUT2D eigenvalue weighted by atomic mass is 79.9. The molecule has 0 spiro atoms. The van der Waals surface area contributed by atoms with Crippen molar-refractivity contribution in [3.8, 4) is 11.8 Å². The Balaban J connectivity index is 3.08. The second kappa shape index (κ2) is 4.67. The molecule has 1 aromatic carbocycles. The summed E-state index contributed by atoms with van der Waals surface area (Å²) < 4.78 is 6.30. The van der Waals surface area contributed by atoms with Crippen LogP contribution in [0.1, 0.15) is 26.3 Å². The van der Waals surface area contributed by atoms with Gasteiger partial charge in [0.05, 0.1) is 22.6 Å². The van der Waals surface area contributed by atoms with E-state index < -0.39 is 5.41 Å². The van der Waals surface area contributed by atoms with Gasteiger partial charge in [-0.1, -0.05) is 6.07 Å². The highest BCUT2D eigenvalue weighted by molar-refractivity contribution is 9.10. The monoisotopic (exact) mass is 267 g/mol. The van der Waals surface area contributed by atoms with E-state index in [0.29, 0.717) is 6.61 Å².